The molecular formula is C26H33FN2O5S. The van der Waals surface area contributed by atoms with Crippen molar-refractivity contribution in [2.45, 2.75) is 37.4 Å². The molecule has 1 aliphatic heterocycles. The lowest BCUT2D eigenvalue weighted by Gasteiger charge is -2.37. The second-order valence-electron chi connectivity index (χ2n) is 8.96. The minimum absolute atomic E-state index is 0.0492. The SMILES string of the molecule is COCC#Cc1ccc2c(c1)O[C@H](CN(C)Cc1ccc(F)cc1)[C@H](C)CN([C@H](C)CO)S2(=O)=O. The lowest BCUT2D eigenvalue weighted by Crippen LogP contribution is -2.49. The average molecular weight is 505 g/mol. The zero-order chi connectivity index (χ0) is 25.6. The first-order chi connectivity index (χ1) is 16.6. The highest BCUT2D eigenvalue weighted by atomic mass is 32.2. The number of fused-ring (bicyclic) bond motifs is 1. The monoisotopic (exact) mass is 504 g/mol. The summed E-state index contributed by atoms with van der Waals surface area (Å²) in [6.45, 7) is 4.89. The molecule has 0 aliphatic carbocycles. The van der Waals surface area contributed by atoms with Crippen LogP contribution in [0.1, 0.15) is 25.0 Å². The Bertz CT molecular complexity index is 1160. The van der Waals surface area contributed by atoms with Gasteiger partial charge in [0.1, 0.15) is 29.2 Å². The third-order valence-corrected chi connectivity index (χ3v) is 7.99. The van der Waals surface area contributed by atoms with Gasteiger partial charge in [0.05, 0.1) is 6.61 Å². The third kappa shape index (κ3) is 6.81. The number of hydrogen-bond donors (Lipinski definition) is 1. The number of nitrogens with zero attached hydrogens (tertiary/aromatic N) is 2. The van der Waals surface area contributed by atoms with E-state index >= 15 is 0 Å². The summed E-state index contributed by atoms with van der Waals surface area (Å²) in [5.74, 6) is 5.61. The van der Waals surface area contributed by atoms with Gasteiger partial charge in [-0.3, -0.25) is 4.90 Å². The second kappa shape index (κ2) is 12.0. The Hall–Kier alpha value is -2.48. The number of benzene rings is 2. The van der Waals surface area contributed by atoms with Crippen LogP contribution in [0.25, 0.3) is 0 Å². The number of likely N-dealkylation sites (N-methyl/N-ethyl adjacent to an activating group) is 1. The Morgan fingerprint density at radius 3 is 2.66 bits per heavy atom. The molecule has 1 aliphatic rings. The van der Waals surface area contributed by atoms with Crippen LogP contribution in [-0.4, -0.2) is 75.3 Å². The van der Waals surface area contributed by atoms with Crippen LogP contribution in [-0.2, 0) is 21.3 Å². The molecule has 0 bridgehead atoms. The minimum atomic E-state index is -3.91. The van der Waals surface area contributed by atoms with E-state index in [1.165, 1.54) is 22.5 Å². The summed E-state index contributed by atoms with van der Waals surface area (Å²) >= 11 is 0. The lowest BCUT2D eigenvalue weighted by molar-refractivity contribution is 0.0733. The summed E-state index contributed by atoms with van der Waals surface area (Å²) in [6, 6.07) is 10.5. The van der Waals surface area contributed by atoms with Gasteiger partial charge in [0.15, 0.2) is 0 Å². The molecule has 1 heterocycles. The molecule has 9 heteroatoms. The van der Waals surface area contributed by atoms with Gasteiger partial charge in [0.25, 0.3) is 0 Å². The third-order valence-electron chi connectivity index (χ3n) is 5.97. The Kier molecular flexibility index (Phi) is 9.27. The van der Waals surface area contributed by atoms with Crippen molar-refractivity contribution in [1.29, 1.82) is 0 Å². The molecule has 2 aromatic carbocycles. The second-order valence-corrected chi connectivity index (χ2v) is 10.8. The van der Waals surface area contributed by atoms with E-state index in [0.29, 0.717) is 18.7 Å². The van der Waals surface area contributed by atoms with E-state index in [2.05, 4.69) is 16.7 Å². The highest BCUT2D eigenvalue weighted by Crippen LogP contribution is 2.34. The Morgan fingerprint density at radius 1 is 1.29 bits per heavy atom. The number of ether oxygens (including phenoxy) is 2. The number of sulfonamides is 1. The molecule has 0 spiro atoms. The van der Waals surface area contributed by atoms with Gasteiger partial charge in [-0.2, -0.15) is 4.31 Å². The fourth-order valence-electron chi connectivity index (χ4n) is 4.00. The van der Waals surface area contributed by atoms with Gasteiger partial charge in [-0.25, -0.2) is 12.8 Å². The Morgan fingerprint density at radius 2 is 2.00 bits per heavy atom. The van der Waals surface area contributed by atoms with E-state index in [1.54, 1.807) is 38.3 Å². The van der Waals surface area contributed by atoms with Crippen molar-refractivity contribution in [2.75, 3.05) is 40.5 Å². The molecule has 3 rings (SSSR count). The van der Waals surface area contributed by atoms with Gasteiger partial charge in [-0.15, -0.1) is 0 Å². The van der Waals surface area contributed by atoms with Crippen molar-refractivity contribution < 1.29 is 27.4 Å². The number of halogens is 1. The van der Waals surface area contributed by atoms with Gasteiger partial charge in [-0.05, 0) is 49.9 Å². The smallest absolute Gasteiger partial charge is 0.247 e. The van der Waals surface area contributed by atoms with Gasteiger partial charge in [0.2, 0.25) is 10.0 Å². The van der Waals surface area contributed by atoms with Crippen LogP contribution in [0, 0.1) is 23.6 Å². The lowest BCUT2D eigenvalue weighted by atomic mass is 10.0. The zero-order valence-electron chi connectivity index (χ0n) is 20.6. The first kappa shape index (κ1) is 27.1. The maximum atomic E-state index is 13.5. The van der Waals surface area contributed by atoms with Crippen LogP contribution in [0.3, 0.4) is 0 Å². The van der Waals surface area contributed by atoms with Crippen molar-refractivity contribution in [3.63, 3.8) is 0 Å². The predicted octanol–water partition coefficient (Wildman–Crippen LogP) is 2.72. The van der Waals surface area contributed by atoms with Gasteiger partial charge in [0, 0.05) is 44.3 Å². The van der Waals surface area contributed by atoms with Gasteiger partial charge < -0.3 is 14.6 Å². The first-order valence-corrected chi connectivity index (χ1v) is 12.9. The van der Waals surface area contributed by atoms with E-state index in [-0.39, 0.29) is 48.2 Å². The Balaban J connectivity index is 1.95. The van der Waals surface area contributed by atoms with Crippen molar-refractivity contribution in [3.8, 4) is 17.6 Å². The minimum Gasteiger partial charge on any atom is -0.487 e. The van der Waals surface area contributed by atoms with E-state index in [1.807, 2.05) is 14.0 Å². The molecular weight excluding hydrogens is 471 g/mol. The van der Waals surface area contributed by atoms with Crippen molar-refractivity contribution in [1.82, 2.24) is 9.21 Å². The first-order valence-electron chi connectivity index (χ1n) is 11.5. The number of methoxy groups -OCH3 is 1. The number of aliphatic hydroxyl groups is 1. The molecule has 0 aromatic heterocycles. The fraction of sp³-hybridized carbons (Fsp3) is 0.462. The van der Waals surface area contributed by atoms with Crippen molar-refractivity contribution in [2.24, 2.45) is 5.92 Å². The standard InChI is InChI=1S/C26H33FN2O5S/c1-19-15-29(20(2)18-30)35(31,32)26-12-9-21(6-5-13-33-4)14-24(26)34-25(19)17-28(3)16-22-7-10-23(27)11-8-22/h7-12,14,19-20,25,30H,13,15-18H2,1-4H3/t19-,20-,25-/m1/s1. The van der Waals surface area contributed by atoms with Gasteiger partial charge in [-0.1, -0.05) is 30.9 Å². The molecule has 7 nitrogen and oxygen atoms in total. The van der Waals surface area contributed by atoms with E-state index < -0.39 is 16.1 Å². The fourth-order valence-corrected chi connectivity index (χ4v) is 5.83. The highest BCUT2D eigenvalue weighted by molar-refractivity contribution is 7.89. The van der Waals surface area contributed by atoms with Crippen molar-refractivity contribution in [3.05, 3.63) is 59.4 Å². The van der Waals surface area contributed by atoms with Crippen LogP contribution in [0.15, 0.2) is 47.4 Å². The molecule has 0 saturated carbocycles. The summed E-state index contributed by atoms with van der Waals surface area (Å²) < 4.78 is 53.0. The molecule has 1 N–H and O–H groups in total. The number of hydrogen-bond acceptors (Lipinski definition) is 6. The van der Waals surface area contributed by atoms with E-state index in [9.17, 15) is 17.9 Å². The van der Waals surface area contributed by atoms with Crippen LogP contribution in [0.4, 0.5) is 4.39 Å². The average Bonchev–Trinajstić information content (AvgIpc) is 2.82. The van der Waals surface area contributed by atoms with Crippen LogP contribution < -0.4 is 4.74 Å². The van der Waals surface area contributed by atoms with Crippen LogP contribution >= 0.6 is 0 Å². The van der Waals surface area contributed by atoms with Gasteiger partial charge >= 0.3 is 0 Å². The van der Waals surface area contributed by atoms with Crippen molar-refractivity contribution >= 4 is 10.0 Å². The summed E-state index contributed by atoms with van der Waals surface area (Å²) in [7, 11) is -0.414. The van der Waals surface area contributed by atoms with E-state index in [0.717, 1.165) is 5.56 Å². The summed E-state index contributed by atoms with van der Waals surface area (Å²) in [5.41, 5.74) is 1.58. The topological polar surface area (TPSA) is 79.3 Å². The predicted molar refractivity (Wildman–Crippen MR) is 132 cm³/mol. The summed E-state index contributed by atoms with van der Waals surface area (Å²) in [4.78, 5) is 2.11. The molecule has 0 fully saturated rings. The zero-order valence-corrected chi connectivity index (χ0v) is 21.4. The largest absolute Gasteiger partial charge is 0.487 e. The maximum Gasteiger partial charge on any atom is 0.247 e. The van der Waals surface area contributed by atoms with Crippen LogP contribution in [0.5, 0.6) is 5.75 Å². The van der Waals surface area contributed by atoms with E-state index in [4.69, 9.17) is 9.47 Å². The molecule has 190 valence electrons. The summed E-state index contributed by atoms with van der Waals surface area (Å²) in [6.07, 6.45) is -0.342. The highest BCUT2D eigenvalue weighted by Gasteiger charge is 2.38. The normalized spacial score (nSPS) is 20.7. The summed E-state index contributed by atoms with van der Waals surface area (Å²) in [5, 5.41) is 9.77. The maximum absolute atomic E-state index is 13.5. The number of rotatable bonds is 7. The molecule has 2 aromatic rings. The quantitative estimate of drug-likeness (QED) is 0.585. The molecule has 0 radical (unpaired) electrons. The molecule has 3 atom stereocenters. The number of aliphatic hydroxyl groups excluding tert-OH is 1. The molecule has 0 saturated heterocycles. The van der Waals surface area contributed by atoms with Crippen LogP contribution in [0.2, 0.25) is 0 Å². The molecule has 0 unspecified atom stereocenters. The molecule has 0 amide bonds. The Labute approximate surface area is 207 Å². The molecule has 35 heavy (non-hydrogen) atoms.